The van der Waals surface area contributed by atoms with Gasteiger partial charge in [-0.15, -0.1) is 0 Å². The van der Waals surface area contributed by atoms with E-state index in [9.17, 15) is 9.59 Å². The van der Waals surface area contributed by atoms with E-state index in [4.69, 9.17) is 9.47 Å². The van der Waals surface area contributed by atoms with Crippen LogP contribution in [0.1, 0.15) is 0 Å². The van der Waals surface area contributed by atoms with Crippen LogP contribution < -0.4 is 19.9 Å². The zero-order valence-corrected chi connectivity index (χ0v) is 17.3. The molecule has 4 aromatic rings. The zero-order chi connectivity index (χ0) is 21.4. The molecule has 0 bridgehead atoms. The van der Waals surface area contributed by atoms with Gasteiger partial charge in [0.1, 0.15) is 0 Å². The lowest BCUT2D eigenvalue weighted by molar-refractivity contribution is -0.115. The zero-order valence-electron chi connectivity index (χ0n) is 16.4. The Balaban J connectivity index is 1.45. The third kappa shape index (κ3) is 3.73. The Bertz CT molecular complexity index is 1330. The standard InChI is InChI=1S/C21H17N5O4S/c1-25(14-5-3-2-4-6-14)19(28)11-31-21-23-20(22-17-10-18(27)24-26(17)21)13-7-8-15-16(9-13)30-12-29-15/h2-10H,11-12H2,1H3,(H,24,27). The Morgan fingerprint density at radius 1 is 1.13 bits per heavy atom. The van der Waals surface area contributed by atoms with Crippen molar-refractivity contribution in [1.29, 1.82) is 0 Å². The van der Waals surface area contributed by atoms with Crippen LogP contribution in [-0.2, 0) is 4.79 Å². The molecular weight excluding hydrogens is 418 g/mol. The van der Waals surface area contributed by atoms with E-state index in [2.05, 4.69) is 15.1 Å². The number of thioether (sulfide) groups is 1. The van der Waals surface area contributed by atoms with Gasteiger partial charge in [-0.25, -0.2) is 14.5 Å². The maximum absolute atomic E-state index is 12.7. The predicted molar refractivity (Wildman–Crippen MR) is 116 cm³/mol. The van der Waals surface area contributed by atoms with Gasteiger partial charge in [0.05, 0.1) is 5.75 Å². The smallest absolute Gasteiger partial charge is 0.266 e. The third-order valence-electron chi connectivity index (χ3n) is 4.80. The van der Waals surface area contributed by atoms with Gasteiger partial charge < -0.3 is 14.4 Å². The van der Waals surface area contributed by atoms with Gasteiger partial charge in [-0.1, -0.05) is 30.0 Å². The van der Waals surface area contributed by atoms with E-state index in [0.29, 0.717) is 28.1 Å². The number of rotatable bonds is 5. The summed E-state index contributed by atoms with van der Waals surface area (Å²) in [6.45, 7) is 0.171. The lowest BCUT2D eigenvalue weighted by Gasteiger charge is -2.17. The molecule has 0 spiro atoms. The number of carbonyl (C=O) groups excluding carboxylic acids is 1. The SMILES string of the molecule is CN(C(=O)CSc1nc(-c2ccc3c(c2)OCO3)nc2cc(=O)[nH]n12)c1ccccc1. The number of para-hydroxylation sites is 1. The number of hydrogen-bond acceptors (Lipinski definition) is 7. The monoisotopic (exact) mass is 435 g/mol. The molecule has 0 saturated carbocycles. The molecule has 31 heavy (non-hydrogen) atoms. The molecule has 0 radical (unpaired) electrons. The minimum absolute atomic E-state index is 0.0953. The van der Waals surface area contributed by atoms with Gasteiger partial charge in [-0.3, -0.25) is 14.7 Å². The topological polar surface area (TPSA) is 102 Å². The van der Waals surface area contributed by atoms with Crippen LogP contribution in [0.15, 0.2) is 64.5 Å². The number of benzene rings is 2. The normalized spacial score (nSPS) is 12.3. The molecule has 0 aliphatic carbocycles. The summed E-state index contributed by atoms with van der Waals surface area (Å²) in [4.78, 5) is 35.3. The van der Waals surface area contributed by atoms with Crippen molar-refractivity contribution >= 4 is 29.0 Å². The minimum atomic E-state index is -0.299. The largest absolute Gasteiger partial charge is 0.454 e. The van der Waals surface area contributed by atoms with E-state index in [1.54, 1.807) is 24.1 Å². The van der Waals surface area contributed by atoms with Crippen molar-refractivity contribution in [2.45, 2.75) is 5.16 Å². The molecule has 1 amide bonds. The van der Waals surface area contributed by atoms with Gasteiger partial charge in [0, 0.05) is 24.4 Å². The summed E-state index contributed by atoms with van der Waals surface area (Å²) >= 11 is 1.22. The third-order valence-corrected chi connectivity index (χ3v) is 5.72. The lowest BCUT2D eigenvalue weighted by atomic mass is 10.2. The average molecular weight is 435 g/mol. The van der Waals surface area contributed by atoms with Gasteiger partial charge in [-0.05, 0) is 30.3 Å². The first-order valence-electron chi connectivity index (χ1n) is 9.43. The summed E-state index contributed by atoms with van der Waals surface area (Å²) < 4.78 is 12.3. The highest BCUT2D eigenvalue weighted by atomic mass is 32.2. The average Bonchev–Trinajstić information content (AvgIpc) is 3.42. The Kier molecular flexibility index (Phi) is 4.83. The van der Waals surface area contributed by atoms with Gasteiger partial charge in [-0.2, -0.15) is 0 Å². The number of nitrogens with zero attached hydrogens (tertiary/aromatic N) is 4. The molecule has 156 valence electrons. The Morgan fingerprint density at radius 3 is 2.77 bits per heavy atom. The number of H-pyrrole nitrogens is 1. The molecule has 1 N–H and O–H groups in total. The predicted octanol–water partition coefficient (Wildman–Crippen LogP) is 2.57. The quantitative estimate of drug-likeness (QED) is 0.481. The number of hydrogen-bond donors (Lipinski definition) is 1. The van der Waals surface area contributed by atoms with E-state index in [-0.39, 0.29) is 24.0 Å². The highest BCUT2D eigenvalue weighted by Crippen LogP contribution is 2.35. The fourth-order valence-corrected chi connectivity index (χ4v) is 4.03. The van der Waals surface area contributed by atoms with Crippen LogP contribution in [0.3, 0.4) is 0 Å². The van der Waals surface area contributed by atoms with Gasteiger partial charge >= 0.3 is 0 Å². The number of fused-ring (bicyclic) bond motifs is 2. The van der Waals surface area contributed by atoms with Crippen molar-refractivity contribution in [1.82, 2.24) is 19.6 Å². The van der Waals surface area contributed by atoms with Crippen LogP contribution in [0, 0.1) is 0 Å². The molecule has 2 aromatic carbocycles. The first-order chi connectivity index (χ1) is 15.1. The molecule has 0 atom stereocenters. The number of nitrogens with one attached hydrogen (secondary N) is 1. The number of aromatic amines is 1. The van der Waals surface area contributed by atoms with E-state index in [0.717, 1.165) is 11.3 Å². The first-order valence-corrected chi connectivity index (χ1v) is 10.4. The maximum atomic E-state index is 12.7. The summed E-state index contributed by atoms with van der Waals surface area (Å²) in [5.74, 6) is 1.73. The van der Waals surface area contributed by atoms with Gasteiger partial charge in [0.15, 0.2) is 28.1 Å². The second-order valence-electron chi connectivity index (χ2n) is 6.79. The van der Waals surface area contributed by atoms with Crippen LogP contribution in [-0.4, -0.2) is 45.1 Å². The van der Waals surface area contributed by atoms with Crippen molar-refractivity contribution in [3.8, 4) is 22.9 Å². The van der Waals surface area contributed by atoms with E-state index in [1.165, 1.54) is 22.3 Å². The molecular formula is C21H17N5O4S. The van der Waals surface area contributed by atoms with Crippen LogP contribution >= 0.6 is 11.8 Å². The summed E-state index contributed by atoms with van der Waals surface area (Å²) in [6.07, 6.45) is 0. The van der Waals surface area contributed by atoms with Crippen molar-refractivity contribution in [3.05, 3.63) is 65.0 Å². The molecule has 0 saturated heterocycles. The number of anilines is 1. The number of amides is 1. The highest BCUT2D eigenvalue weighted by molar-refractivity contribution is 7.99. The summed E-state index contributed by atoms with van der Waals surface area (Å²) in [5.41, 5.74) is 1.64. The molecule has 3 heterocycles. The molecule has 9 nitrogen and oxygen atoms in total. The number of carbonyl (C=O) groups is 1. The van der Waals surface area contributed by atoms with Gasteiger partial charge in [0.2, 0.25) is 12.7 Å². The second kappa shape index (κ2) is 7.80. The number of ether oxygens (including phenoxy) is 2. The van der Waals surface area contributed by atoms with Crippen molar-refractivity contribution in [2.75, 3.05) is 24.5 Å². The van der Waals surface area contributed by atoms with Crippen molar-refractivity contribution in [3.63, 3.8) is 0 Å². The molecule has 2 aromatic heterocycles. The van der Waals surface area contributed by atoms with Crippen LogP contribution in [0.5, 0.6) is 11.5 Å². The summed E-state index contributed by atoms with van der Waals surface area (Å²) in [6, 6.07) is 16.2. The minimum Gasteiger partial charge on any atom is -0.454 e. The lowest BCUT2D eigenvalue weighted by Crippen LogP contribution is -2.28. The van der Waals surface area contributed by atoms with Crippen molar-refractivity contribution in [2.24, 2.45) is 0 Å². The molecule has 1 aliphatic rings. The van der Waals surface area contributed by atoms with Gasteiger partial charge in [0.25, 0.3) is 5.56 Å². The molecule has 10 heteroatoms. The molecule has 0 fully saturated rings. The second-order valence-corrected chi connectivity index (χ2v) is 7.73. The first kappa shape index (κ1) is 19.2. The van der Waals surface area contributed by atoms with Crippen LogP contribution in [0.4, 0.5) is 5.69 Å². The van der Waals surface area contributed by atoms with Crippen molar-refractivity contribution < 1.29 is 14.3 Å². The number of aromatic nitrogens is 4. The molecule has 0 unspecified atom stereocenters. The van der Waals surface area contributed by atoms with Crippen LogP contribution in [0.25, 0.3) is 17.0 Å². The fourth-order valence-electron chi connectivity index (χ4n) is 3.16. The highest BCUT2D eigenvalue weighted by Gasteiger charge is 2.18. The summed E-state index contributed by atoms with van der Waals surface area (Å²) in [5, 5.41) is 3.13. The summed E-state index contributed by atoms with van der Waals surface area (Å²) in [7, 11) is 1.73. The van der Waals surface area contributed by atoms with Crippen LogP contribution in [0.2, 0.25) is 0 Å². The van der Waals surface area contributed by atoms with E-state index >= 15 is 0 Å². The Hall–Kier alpha value is -3.79. The Morgan fingerprint density at radius 2 is 1.94 bits per heavy atom. The van der Waals surface area contributed by atoms with E-state index in [1.807, 2.05) is 36.4 Å². The molecule has 5 rings (SSSR count). The Labute approximate surface area is 180 Å². The van der Waals surface area contributed by atoms with E-state index < -0.39 is 0 Å². The maximum Gasteiger partial charge on any atom is 0.266 e. The molecule has 1 aliphatic heterocycles. The fraction of sp³-hybridized carbons (Fsp3) is 0.143.